The van der Waals surface area contributed by atoms with Gasteiger partial charge in [0.2, 0.25) is 5.78 Å². The standard InChI is InChI=1S/C8H13F3O3.C6H7F3O2/c1-3-13-7(14-4-2)5-6(12)8(9,10)11;1-2-11-4-3-5(10)6(7,8)9/h7H,3-5H2,1-2H3;3-4H,2H2,1H3/b;4-3+. The molecule has 0 N–H and O–H groups in total. The number of rotatable bonds is 9. The molecule has 0 aromatic heterocycles. The Morgan fingerprint density at radius 3 is 1.68 bits per heavy atom. The van der Waals surface area contributed by atoms with Crippen LogP contribution in [0.15, 0.2) is 12.3 Å². The lowest BCUT2D eigenvalue weighted by Gasteiger charge is -2.16. The van der Waals surface area contributed by atoms with E-state index in [0.29, 0.717) is 6.08 Å². The minimum absolute atomic E-state index is 0.204. The lowest BCUT2D eigenvalue weighted by atomic mass is 10.2. The van der Waals surface area contributed by atoms with Gasteiger partial charge in [0, 0.05) is 19.3 Å². The smallest absolute Gasteiger partial charge is 0.454 e. The molecular weight excluding hydrogens is 362 g/mol. The van der Waals surface area contributed by atoms with Crippen molar-refractivity contribution in [1.29, 1.82) is 0 Å². The summed E-state index contributed by atoms with van der Waals surface area (Å²) in [6.45, 7) is 5.48. The highest BCUT2D eigenvalue weighted by atomic mass is 19.4. The molecule has 0 atom stereocenters. The van der Waals surface area contributed by atoms with Crippen molar-refractivity contribution in [2.75, 3.05) is 19.8 Å². The SMILES string of the molecule is CCO/C=C/C(=O)C(F)(F)F.CCOC(CC(=O)C(F)(F)F)OCC. The van der Waals surface area contributed by atoms with Gasteiger partial charge in [-0.05, 0) is 20.8 Å². The number of halogens is 6. The molecular formula is C14H20F6O5. The highest BCUT2D eigenvalue weighted by Gasteiger charge is 2.39. The third kappa shape index (κ3) is 14.4. The van der Waals surface area contributed by atoms with E-state index in [4.69, 9.17) is 9.47 Å². The molecule has 0 aromatic carbocycles. The van der Waals surface area contributed by atoms with Crippen molar-refractivity contribution in [3.05, 3.63) is 12.3 Å². The first kappa shape index (κ1) is 25.6. The Balaban J connectivity index is 0. The van der Waals surface area contributed by atoms with Crippen LogP contribution in [0.5, 0.6) is 0 Å². The van der Waals surface area contributed by atoms with Gasteiger partial charge in [0.25, 0.3) is 5.78 Å². The second-order valence-corrected chi connectivity index (χ2v) is 4.09. The Bertz CT molecular complexity index is 411. The number of carbonyl (C=O) groups is 2. The zero-order chi connectivity index (χ0) is 20.1. The van der Waals surface area contributed by atoms with E-state index in [2.05, 4.69) is 4.74 Å². The van der Waals surface area contributed by atoms with Crippen molar-refractivity contribution in [3.8, 4) is 0 Å². The summed E-state index contributed by atoms with van der Waals surface area (Å²) in [5.74, 6) is -3.74. The van der Waals surface area contributed by atoms with E-state index in [1.54, 1.807) is 20.8 Å². The third-order valence-electron chi connectivity index (χ3n) is 2.14. The van der Waals surface area contributed by atoms with Crippen molar-refractivity contribution >= 4 is 11.6 Å². The largest absolute Gasteiger partial charge is 0.501 e. The normalized spacial score (nSPS) is 12.1. The summed E-state index contributed by atoms with van der Waals surface area (Å²) in [4.78, 5) is 20.6. The van der Waals surface area contributed by atoms with Crippen LogP contribution in [0.3, 0.4) is 0 Å². The molecule has 5 nitrogen and oxygen atoms in total. The van der Waals surface area contributed by atoms with Gasteiger partial charge in [-0.2, -0.15) is 26.3 Å². The monoisotopic (exact) mass is 382 g/mol. The third-order valence-corrected chi connectivity index (χ3v) is 2.14. The molecule has 0 aliphatic rings. The van der Waals surface area contributed by atoms with Gasteiger partial charge >= 0.3 is 12.4 Å². The number of ether oxygens (including phenoxy) is 3. The molecule has 0 saturated heterocycles. The molecule has 25 heavy (non-hydrogen) atoms. The van der Waals surface area contributed by atoms with Crippen LogP contribution < -0.4 is 0 Å². The molecule has 0 fully saturated rings. The van der Waals surface area contributed by atoms with Crippen LogP contribution >= 0.6 is 0 Å². The Morgan fingerprint density at radius 1 is 0.880 bits per heavy atom. The first-order chi connectivity index (χ1) is 11.4. The molecule has 0 bridgehead atoms. The quantitative estimate of drug-likeness (QED) is 0.264. The lowest BCUT2D eigenvalue weighted by molar-refractivity contribution is -0.187. The Labute approximate surface area is 140 Å². The second kappa shape index (κ2) is 12.7. The fourth-order valence-electron chi connectivity index (χ4n) is 1.11. The van der Waals surface area contributed by atoms with Gasteiger partial charge < -0.3 is 14.2 Å². The highest BCUT2D eigenvalue weighted by Crippen LogP contribution is 2.20. The zero-order valence-corrected chi connectivity index (χ0v) is 13.9. The molecule has 0 aromatic rings. The summed E-state index contributed by atoms with van der Waals surface area (Å²) in [6.07, 6.45) is -10.4. The fraction of sp³-hybridized carbons (Fsp3) is 0.714. The topological polar surface area (TPSA) is 61.8 Å². The Morgan fingerprint density at radius 2 is 1.36 bits per heavy atom. The molecule has 148 valence electrons. The molecule has 0 heterocycles. The first-order valence-electron chi connectivity index (χ1n) is 7.12. The fourth-order valence-corrected chi connectivity index (χ4v) is 1.11. The maximum absolute atomic E-state index is 11.8. The number of alkyl halides is 6. The van der Waals surface area contributed by atoms with E-state index in [0.717, 1.165) is 6.26 Å². The molecule has 0 saturated carbocycles. The zero-order valence-electron chi connectivity index (χ0n) is 13.9. The second-order valence-electron chi connectivity index (χ2n) is 4.09. The average Bonchev–Trinajstić information content (AvgIpc) is 2.46. The summed E-state index contributed by atoms with van der Waals surface area (Å²) in [5.41, 5.74) is 0. The summed E-state index contributed by atoms with van der Waals surface area (Å²) in [5, 5.41) is 0. The van der Waals surface area contributed by atoms with E-state index >= 15 is 0 Å². The van der Waals surface area contributed by atoms with Gasteiger partial charge in [-0.3, -0.25) is 9.59 Å². The summed E-state index contributed by atoms with van der Waals surface area (Å²) >= 11 is 0. The van der Waals surface area contributed by atoms with Crippen molar-refractivity contribution in [1.82, 2.24) is 0 Å². The summed E-state index contributed by atoms with van der Waals surface area (Å²) in [7, 11) is 0. The number of ketones is 2. The summed E-state index contributed by atoms with van der Waals surface area (Å²) < 4.78 is 83.8. The van der Waals surface area contributed by atoms with E-state index in [9.17, 15) is 35.9 Å². The van der Waals surface area contributed by atoms with Crippen molar-refractivity contribution in [2.45, 2.75) is 45.8 Å². The van der Waals surface area contributed by atoms with Gasteiger partial charge in [-0.25, -0.2) is 0 Å². The van der Waals surface area contributed by atoms with Gasteiger partial charge in [-0.1, -0.05) is 0 Å². The maximum atomic E-state index is 11.8. The number of hydrogen-bond donors (Lipinski definition) is 0. The van der Waals surface area contributed by atoms with Gasteiger partial charge in [0.05, 0.1) is 19.3 Å². The van der Waals surface area contributed by atoms with Gasteiger partial charge in [0.15, 0.2) is 6.29 Å². The minimum atomic E-state index is -4.81. The van der Waals surface area contributed by atoms with E-state index in [1.807, 2.05) is 0 Å². The highest BCUT2D eigenvalue weighted by molar-refractivity contribution is 5.94. The van der Waals surface area contributed by atoms with Crippen molar-refractivity contribution in [2.24, 2.45) is 0 Å². The lowest BCUT2D eigenvalue weighted by Crippen LogP contribution is -2.30. The van der Waals surface area contributed by atoms with Gasteiger partial charge in [0.1, 0.15) is 0 Å². The van der Waals surface area contributed by atoms with Crippen LogP contribution in [-0.2, 0) is 23.8 Å². The molecule has 11 heteroatoms. The summed E-state index contributed by atoms with van der Waals surface area (Å²) in [6, 6.07) is 0. The number of Topliss-reactive ketones (excluding diaryl/α,β-unsaturated/α-hetero) is 1. The van der Waals surface area contributed by atoms with Crippen LogP contribution in [-0.4, -0.2) is 50.0 Å². The van der Waals surface area contributed by atoms with Crippen molar-refractivity contribution in [3.63, 3.8) is 0 Å². The Hall–Kier alpha value is -1.62. The van der Waals surface area contributed by atoms with Crippen LogP contribution in [0.1, 0.15) is 27.2 Å². The molecule has 0 rings (SSSR count). The van der Waals surface area contributed by atoms with Crippen LogP contribution in [0, 0.1) is 0 Å². The number of carbonyl (C=O) groups excluding carboxylic acids is 2. The number of hydrogen-bond acceptors (Lipinski definition) is 5. The molecule has 0 amide bonds. The van der Waals surface area contributed by atoms with Crippen molar-refractivity contribution < 1.29 is 50.1 Å². The average molecular weight is 382 g/mol. The number of allylic oxidation sites excluding steroid dienone is 1. The molecule has 0 spiro atoms. The van der Waals surface area contributed by atoms with Crippen LogP contribution in [0.4, 0.5) is 26.3 Å². The van der Waals surface area contributed by atoms with Gasteiger partial charge in [-0.15, -0.1) is 0 Å². The molecule has 0 radical (unpaired) electrons. The predicted molar refractivity (Wildman–Crippen MR) is 74.5 cm³/mol. The molecule has 0 unspecified atom stereocenters. The van der Waals surface area contributed by atoms with Crippen LogP contribution in [0.2, 0.25) is 0 Å². The van der Waals surface area contributed by atoms with E-state index in [-0.39, 0.29) is 19.8 Å². The molecule has 0 aliphatic carbocycles. The van der Waals surface area contributed by atoms with E-state index < -0.39 is 36.6 Å². The predicted octanol–water partition coefficient (Wildman–Crippen LogP) is 3.58. The first-order valence-corrected chi connectivity index (χ1v) is 7.12. The molecule has 0 aliphatic heterocycles. The van der Waals surface area contributed by atoms with Crippen LogP contribution in [0.25, 0.3) is 0 Å². The minimum Gasteiger partial charge on any atom is -0.501 e. The van der Waals surface area contributed by atoms with E-state index in [1.165, 1.54) is 0 Å². The Kier molecular flexibility index (Phi) is 13.0. The maximum Gasteiger partial charge on any atom is 0.454 e.